The molecule has 1 N–H and O–H groups in total. The van der Waals surface area contributed by atoms with Crippen LogP contribution in [0, 0.1) is 6.92 Å². The van der Waals surface area contributed by atoms with Crippen molar-refractivity contribution in [2.75, 3.05) is 13.1 Å². The van der Waals surface area contributed by atoms with Crippen molar-refractivity contribution in [2.45, 2.75) is 38.8 Å². The number of thiophene rings is 2. The van der Waals surface area contributed by atoms with Crippen LogP contribution >= 0.6 is 34.3 Å². The molecule has 2 unspecified atom stereocenters. The Bertz CT molecular complexity index is 1240. The van der Waals surface area contributed by atoms with E-state index in [9.17, 15) is 4.79 Å². The summed E-state index contributed by atoms with van der Waals surface area (Å²) in [5.41, 5.74) is 1.71. The van der Waals surface area contributed by atoms with Gasteiger partial charge in [0.25, 0.3) is 5.91 Å². The molecule has 1 saturated heterocycles. The van der Waals surface area contributed by atoms with Gasteiger partial charge in [-0.2, -0.15) is 5.10 Å². The van der Waals surface area contributed by atoms with Crippen LogP contribution in [0.5, 0.6) is 0 Å². The van der Waals surface area contributed by atoms with E-state index in [0.29, 0.717) is 9.90 Å². The average Bonchev–Trinajstić information content (AvgIpc) is 3.56. The standard InChI is InChI=1S/C24H25ClN4OS2/c1-15-17-14-21(32-24(17)29(27-15)19-9-4-3-8-18(19)25)23(30)26-16(2)22(20-10-7-13-31-20)28-11-5-6-12-28/h3-4,7-10,13-14,16,22H,5-6,11-12H2,1-2H3,(H,26,30). The minimum Gasteiger partial charge on any atom is -0.347 e. The summed E-state index contributed by atoms with van der Waals surface area (Å²) in [4.78, 5) is 18.7. The van der Waals surface area contributed by atoms with E-state index in [-0.39, 0.29) is 18.0 Å². The SMILES string of the molecule is Cc1nn(-c2ccccc2Cl)c2sc(C(=O)NC(C)C(c3cccs3)N3CCCC3)cc12. The number of rotatable bonds is 6. The maximum atomic E-state index is 13.3. The molecule has 4 heterocycles. The molecule has 0 bridgehead atoms. The Kier molecular flexibility index (Phi) is 6.07. The summed E-state index contributed by atoms with van der Waals surface area (Å²) in [7, 11) is 0. The Morgan fingerprint density at radius 3 is 2.69 bits per heavy atom. The molecule has 166 valence electrons. The van der Waals surface area contributed by atoms with Gasteiger partial charge >= 0.3 is 0 Å². The second kappa shape index (κ2) is 8.98. The molecule has 4 aromatic rings. The molecule has 0 saturated carbocycles. The normalized spacial score (nSPS) is 16.5. The summed E-state index contributed by atoms with van der Waals surface area (Å²) in [5.74, 6) is -0.0374. The first-order valence-electron chi connectivity index (χ1n) is 10.9. The first-order chi connectivity index (χ1) is 15.5. The molecule has 32 heavy (non-hydrogen) atoms. The maximum absolute atomic E-state index is 13.3. The van der Waals surface area contributed by atoms with Gasteiger partial charge in [-0.25, -0.2) is 4.68 Å². The Hall–Kier alpha value is -2.19. The molecule has 1 aliphatic rings. The number of carbonyl (C=O) groups is 1. The van der Waals surface area contributed by atoms with Crippen LogP contribution in [0.15, 0.2) is 47.8 Å². The summed E-state index contributed by atoms with van der Waals surface area (Å²) in [6.45, 7) is 6.24. The highest BCUT2D eigenvalue weighted by molar-refractivity contribution is 7.20. The van der Waals surface area contributed by atoms with Crippen molar-refractivity contribution in [3.05, 3.63) is 68.3 Å². The van der Waals surface area contributed by atoms with Crippen LogP contribution in [0.1, 0.15) is 46.0 Å². The minimum atomic E-state index is -0.0374. The second-order valence-corrected chi connectivity index (χ2v) is 10.7. The van der Waals surface area contributed by atoms with Crippen molar-refractivity contribution in [1.29, 1.82) is 0 Å². The fourth-order valence-electron chi connectivity index (χ4n) is 4.52. The maximum Gasteiger partial charge on any atom is 0.261 e. The first-order valence-corrected chi connectivity index (χ1v) is 12.9. The number of carbonyl (C=O) groups excluding carboxylic acids is 1. The van der Waals surface area contributed by atoms with Gasteiger partial charge in [0.15, 0.2) is 0 Å². The molecule has 5 nitrogen and oxygen atoms in total. The molecular weight excluding hydrogens is 460 g/mol. The van der Waals surface area contributed by atoms with Crippen molar-refractivity contribution in [1.82, 2.24) is 20.0 Å². The van der Waals surface area contributed by atoms with E-state index in [1.807, 2.05) is 41.9 Å². The average molecular weight is 485 g/mol. The van der Waals surface area contributed by atoms with E-state index in [4.69, 9.17) is 11.6 Å². The smallest absolute Gasteiger partial charge is 0.261 e. The van der Waals surface area contributed by atoms with Gasteiger partial charge < -0.3 is 5.32 Å². The van der Waals surface area contributed by atoms with E-state index in [1.54, 1.807) is 11.3 Å². The molecule has 3 aromatic heterocycles. The van der Waals surface area contributed by atoms with E-state index in [1.165, 1.54) is 29.1 Å². The number of aromatic nitrogens is 2. The molecule has 1 fully saturated rings. The van der Waals surface area contributed by atoms with Crippen LogP contribution in [0.25, 0.3) is 15.9 Å². The van der Waals surface area contributed by atoms with Crippen molar-refractivity contribution in [3.63, 3.8) is 0 Å². The fourth-order valence-corrected chi connectivity index (χ4v) is 6.78. The Morgan fingerprint density at radius 1 is 1.19 bits per heavy atom. The van der Waals surface area contributed by atoms with Gasteiger partial charge in [0, 0.05) is 16.3 Å². The predicted octanol–water partition coefficient (Wildman–Crippen LogP) is 6.07. The lowest BCUT2D eigenvalue weighted by Crippen LogP contribution is -2.43. The van der Waals surface area contributed by atoms with Gasteiger partial charge in [0.05, 0.1) is 27.3 Å². The van der Waals surface area contributed by atoms with Gasteiger partial charge in [-0.15, -0.1) is 22.7 Å². The summed E-state index contributed by atoms with van der Waals surface area (Å²) in [5, 5.41) is 11.7. The number of hydrogen-bond donors (Lipinski definition) is 1. The Labute approximate surface area is 200 Å². The third-order valence-corrected chi connectivity index (χ3v) is 8.42. The zero-order valence-corrected chi connectivity index (χ0v) is 20.4. The van der Waals surface area contributed by atoms with Crippen LogP contribution < -0.4 is 5.32 Å². The van der Waals surface area contributed by atoms with E-state index < -0.39 is 0 Å². The molecule has 1 aliphatic heterocycles. The lowest BCUT2D eigenvalue weighted by Gasteiger charge is -2.32. The van der Waals surface area contributed by atoms with E-state index in [2.05, 4.69) is 39.8 Å². The first kappa shape index (κ1) is 21.6. The predicted molar refractivity (Wildman–Crippen MR) is 133 cm³/mol. The highest BCUT2D eigenvalue weighted by atomic mass is 35.5. The number of hydrogen-bond acceptors (Lipinski definition) is 5. The molecule has 0 spiro atoms. The molecule has 2 atom stereocenters. The topological polar surface area (TPSA) is 50.2 Å². The van der Waals surface area contributed by atoms with Gasteiger partial charge in [-0.1, -0.05) is 29.8 Å². The number of benzene rings is 1. The lowest BCUT2D eigenvalue weighted by molar-refractivity contribution is 0.0912. The highest BCUT2D eigenvalue weighted by Crippen LogP contribution is 2.34. The number of nitrogens with zero attached hydrogens (tertiary/aromatic N) is 3. The van der Waals surface area contributed by atoms with Crippen LogP contribution in [0.3, 0.4) is 0 Å². The van der Waals surface area contributed by atoms with Gasteiger partial charge in [0.2, 0.25) is 0 Å². The van der Waals surface area contributed by atoms with Crippen molar-refractivity contribution < 1.29 is 4.79 Å². The monoisotopic (exact) mass is 484 g/mol. The molecule has 5 rings (SSSR count). The molecule has 8 heteroatoms. The van der Waals surface area contributed by atoms with E-state index in [0.717, 1.165) is 34.7 Å². The second-order valence-electron chi connectivity index (χ2n) is 8.24. The van der Waals surface area contributed by atoms with E-state index >= 15 is 0 Å². The molecular formula is C24H25ClN4OS2. The number of nitrogens with one attached hydrogen (secondary N) is 1. The number of fused-ring (bicyclic) bond motifs is 1. The van der Waals surface area contributed by atoms with Crippen LogP contribution in [0.4, 0.5) is 0 Å². The number of para-hydroxylation sites is 1. The van der Waals surface area contributed by atoms with Gasteiger partial charge in [-0.05, 0) is 69.4 Å². The quantitative estimate of drug-likeness (QED) is 0.361. The summed E-state index contributed by atoms with van der Waals surface area (Å²) in [6, 6.07) is 14.1. The van der Waals surface area contributed by atoms with Crippen LogP contribution in [-0.4, -0.2) is 39.7 Å². The van der Waals surface area contributed by atoms with Crippen LogP contribution in [0.2, 0.25) is 5.02 Å². The number of aryl methyl sites for hydroxylation is 1. The molecule has 1 aromatic carbocycles. The zero-order chi connectivity index (χ0) is 22.2. The number of amides is 1. The molecule has 1 amide bonds. The summed E-state index contributed by atoms with van der Waals surface area (Å²) >= 11 is 9.63. The zero-order valence-electron chi connectivity index (χ0n) is 18.0. The summed E-state index contributed by atoms with van der Waals surface area (Å²) in [6.07, 6.45) is 2.44. The van der Waals surface area contributed by atoms with Gasteiger partial charge in [-0.3, -0.25) is 9.69 Å². The summed E-state index contributed by atoms with van der Waals surface area (Å²) < 4.78 is 1.84. The van der Waals surface area contributed by atoms with Crippen molar-refractivity contribution in [3.8, 4) is 5.69 Å². The van der Waals surface area contributed by atoms with Crippen molar-refractivity contribution >= 4 is 50.4 Å². The molecule has 0 aliphatic carbocycles. The minimum absolute atomic E-state index is 0.00521. The largest absolute Gasteiger partial charge is 0.347 e. The Balaban J connectivity index is 1.42. The number of likely N-dealkylation sites (tertiary alicyclic amines) is 1. The van der Waals surface area contributed by atoms with Crippen molar-refractivity contribution in [2.24, 2.45) is 0 Å². The van der Waals surface area contributed by atoms with Gasteiger partial charge in [0.1, 0.15) is 4.83 Å². The third-order valence-electron chi connectivity index (χ3n) is 6.05. The third kappa shape index (κ3) is 3.99. The molecule has 0 radical (unpaired) electrons. The lowest BCUT2D eigenvalue weighted by atomic mass is 10.1. The fraction of sp³-hybridized carbons (Fsp3) is 0.333. The Morgan fingerprint density at radius 2 is 1.97 bits per heavy atom. The number of halogens is 1. The van der Waals surface area contributed by atoms with Crippen LogP contribution in [-0.2, 0) is 0 Å². The highest BCUT2D eigenvalue weighted by Gasteiger charge is 2.30.